The average Bonchev–Trinajstić information content (AvgIpc) is 2.94. The zero-order valence-electron chi connectivity index (χ0n) is 47.7. The number of imidazole rings is 1. The molecule has 2 N–H and O–H groups in total. The minimum atomic E-state index is -4.48. The molecule has 0 aliphatic carbocycles. The standard InChI is InChI=1S/C59H69N9O13P2/c1-37(2)82(72,38(3)4)68(30-16-29-60)47-31-50(66-33-39(5)55(69)65-58(66)71)80-57(47)78-40(6)83(73,76-9)81-48-32-51(67-36-63-52-53(61-35-62-54(52)67)64-56(70)41-17-12-10-13-18-41)79-49(48)34-77-59(42-19-14-11-15-20-42,43-21-25-45(74-7)26-22-43)44-23-27-46(75-8)28-24-44/h10-15,17-28,33,35-38,40,47-51,57H,16,30-32,34H2,1-9H3,(H,65,69,71)(H,61,62,64,70)/t40?,47-,48-,49-,50-,51-,57+,83?/m1/s1. The van der Waals surface area contributed by atoms with E-state index in [0.717, 1.165) is 16.7 Å². The fourth-order valence-corrected chi connectivity index (χ4v) is 15.8. The molecule has 24 heteroatoms. The number of fused-ring (bicyclic) bond motifs is 1. The van der Waals surface area contributed by atoms with Gasteiger partial charge in [-0.3, -0.25) is 28.3 Å². The number of methoxy groups -OCH3 is 2. The lowest BCUT2D eigenvalue weighted by Crippen LogP contribution is -2.44. The first-order valence-electron chi connectivity index (χ1n) is 27.3. The highest BCUT2D eigenvalue weighted by Crippen LogP contribution is 2.62. The number of benzene rings is 4. The van der Waals surface area contributed by atoms with Crippen molar-refractivity contribution < 1.29 is 51.4 Å². The molecule has 2 unspecified atom stereocenters. The first-order valence-corrected chi connectivity index (χ1v) is 30.7. The van der Waals surface area contributed by atoms with Crippen molar-refractivity contribution in [1.29, 1.82) is 5.26 Å². The van der Waals surface area contributed by atoms with Crippen molar-refractivity contribution in [3.63, 3.8) is 0 Å². The average molecular weight is 1170 g/mol. The van der Waals surface area contributed by atoms with Crippen LogP contribution in [0.1, 0.15) is 98.9 Å². The number of aryl methyl sites for hydroxylation is 1. The Hall–Kier alpha value is -7.15. The zero-order valence-corrected chi connectivity index (χ0v) is 49.5. The molecule has 438 valence electrons. The van der Waals surface area contributed by atoms with Gasteiger partial charge < -0.3 is 47.4 Å². The molecule has 0 spiro atoms. The van der Waals surface area contributed by atoms with Crippen LogP contribution in [0.2, 0.25) is 0 Å². The highest BCUT2D eigenvalue weighted by atomic mass is 31.2. The number of nitriles is 1. The third kappa shape index (κ3) is 12.3. The molecule has 4 aromatic carbocycles. The molecule has 9 rings (SSSR count). The Balaban J connectivity index is 1.10. The van der Waals surface area contributed by atoms with Gasteiger partial charge in [-0.2, -0.15) is 5.26 Å². The monoisotopic (exact) mass is 1170 g/mol. The minimum absolute atomic E-state index is 0.000915. The number of aromatic amines is 1. The van der Waals surface area contributed by atoms with E-state index in [9.17, 15) is 19.6 Å². The molecule has 8 atom stereocenters. The summed E-state index contributed by atoms with van der Waals surface area (Å²) in [6.07, 6.45) is -1.16. The van der Waals surface area contributed by atoms with Crippen LogP contribution < -0.4 is 26.0 Å². The van der Waals surface area contributed by atoms with Crippen LogP contribution in [-0.2, 0) is 42.7 Å². The van der Waals surface area contributed by atoms with E-state index in [1.807, 2.05) is 113 Å². The molecule has 22 nitrogen and oxygen atoms in total. The predicted octanol–water partition coefficient (Wildman–Crippen LogP) is 9.76. The van der Waals surface area contributed by atoms with E-state index >= 15 is 9.13 Å². The fourth-order valence-electron chi connectivity index (χ4n) is 11.0. The summed E-state index contributed by atoms with van der Waals surface area (Å²) in [6, 6.07) is 34.7. The number of carbonyl (C=O) groups is 1. The smallest absolute Gasteiger partial charge is 0.359 e. The second-order valence-electron chi connectivity index (χ2n) is 20.8. The van der Waals surface area contributed by atoms with Crippen LogP contribution in [0.5, 0.6) is 11.5 Å². The minimum Gasteiger partial charge on any atom is -0.497 e. The van der Waals surface area contributed by atoms with Crippen LogP contribution in [0.3, 0.4) is 0 Å². The highest BCUT2D eigenvalue weighted by Gasteiger charge is 2.52. The zero-order chi connectivity index (χ0) is 59.2. The number of nitrogens with zero attached hydrogens (tertiary/aromatic N) is 7. The molecule has 2 saturated heterocycles. The summed E-state index contributed by atoms with van der Waals surface area (Å²) in [6.45, 7) is 10.3. The number of hydrogen-bond donors (Lipinski definition) is 2. The molecular formula is C59H69N9O13P2. The summed E-state index contributed by atoms with van der Waals surface area (Å²) in [5.74, 6) is -0.404. The van der Waals surface area contributed by atoms with Crippen molar-refractivity contribution in [2.24, 2.45) is 0 Å². The Kier molecular flexibility index (Phi) is 18.8. The van der Waals surface area contributed by atoms with E-state index in [1.165, 1.54) is 37.5 Å². The van der Waals surface area contributed by atoms with Crippen LogP contribution in [0.15, 0.2) is 138 Å². The maximum Gasteiger partial charge on any atom is 0.359 e. The number of hydrogen-bond acceptors (Lipinski definition) is 17. The molecule has 0 saturated carbocycles. The topological polar surface area (TPSA) is 263 Å². The quantitative estimate of drug-likeness (QED) is 0.0421. The summed E-state index contributed by atoms with van der Waals surface area (Å²) in [5, 5.41) is 12.8. The summed E-state index contributed by atoms with van der Waals surface area (Å²) in [4.78, 5) is 55.3. The van der Waals surface area contributed by atoms with Gasteiger partial charge >= 0.3 is 13.3 Å². The molecule has 5 heterocycles. The summed E-state index contributed by atoms with van der Waals surface area (Å²) in [7, 11) is -3.43. The van der Waals surface area contributed by atoms with Crippen molar-refractivity contribution in [3.8, 4) is 17.6 Å². The van der Waals surface area contributed by atoms with Gasteiger partial charge in [0.05, 0.1) is 39.3 Å². The second kappa shape index (κ2) is 25.8. The van der Waals surface area contributed by atoms with Gasteiger partial charge in [-0.25, -0.2) is 24.4 Å². The maximum atomic E-state index is 15.7. The number of amides is 1. The molecule has 83 heavy (non-hydrogen) atoms. The van der Waals surface area contributed by atoms with E-state index in [2.05, 4.69) is 31.3 Å². The molecule has 3 aromatic heterocycles. The Morgan fingerprint density at radius 1 is 0.819 bits per heavy atom. The largest absolute Gasteiger partial charge is 0.497 e. The van der Waals surface area contributed by atoms with Crippen LogP contribution in [0, 0.1) is 18.3 Å². The van der Waals surface area contributed by atoms with Gasteiger partial charge in [0.1, 0.15) is 48.1 Å². The van der Waals surface area contributed by atoms with Crippen molar-refractivity contribution in [1.82, 2.24) is 33.7 Å². The van der Waals surface area contributed by atoms with E-state index in [4.69, 9.17) is 37.5 Å². The fraction of sp³-hybridized carbons (Fsp3) is 0.407. The Bertz CT molecular complexity index is 3570. The number of H-pyrrole nitrogens is 1. The number of ether oxygens (including phenoxy) is 6. The van der Waals surface area contributed by atoms with E-state index in [0.29, 0.717) is 22.7 Å². The van der Waals surface area contributed by atoms with Crippen molar-refractivity contribution in [2.45, 2.75) is 121 Å². The summed E-state index contributed by atoms with van der Waals surface area (Å²) in [5.41, 5.74) is 0.0796. The maximum absolute atomic E-state index is 15.7. The van der Waals surface area contributed by atoms with Crippen LogP contribution in [-0.4, -0.2) is 116 Å². The lowest BCUT2D eigenvalue weighted by atomic mass is 9.80. The van der Waals surface area contributed by atoms with Crippen molar-refractivity contribution >= 4 is 37.8 Å². The first-order chi connectivity index (χ1) is 39.9. The van der Waals surface area contributed by atoms with E-state index in [-0.39, 0.29) is 60.6 Å². The van der Waals surface area contributed by atoms with E-state index < -0.39 is 80.5 Å². The van der Waals surface area contributed by atoms with Crippen molar-refractivity contribution in [2.75, 3.05) is 39.8 Å². The highest BCUT2D eigenvalue weighted by molar-refractivity contribution is 7.62. The third-order valence-electron chi connectivity index (χ3n) is 15.3. The molecule has 0 radical (unpaired) electrons. The molecule has 1 amide bonds. The number of carbonyl (C=O) groups excluding carboxylic acids is 1. The van der Waals surface area contributed by atoms with Gasteiger partial charge in [-0.1, -0.05) is 100 Å². The first kappa shape index (κ1) is 60.4. The molecule has 7 aromatic rings. The number of aromatic nitrogens is 6. The Morgan fingerprint density at radius 3 is 2.01 bits per heavy atom. The third-order valence-corrected chi connectivity index (χ3v) is 21.6. The summed E-state index contributed by atoms with van der Waals surface area (Å²) >= 11 is 0. The van der Waals surface area contributed by atoms with Gasteiger partial charge in [0, 0.05) is 61.6 Å². The van der Waals surface area contributed by atoms with Gasteiger partial charge in [-0.05, 0) is 66.9 Å². The van der Waals surface area contributed by atoms with Crippen LogP contribution >= 0.6 is 14.9 Å². The normalized spacial score (nSPS) is 20.4. The molecule has 2 aliphatic rings. The lowest BCUT2D eigenvalue weighted by Gasteiger charge is -2.42. The number of anilines is 1. The van der Waals surface area contributed by atoms with Gasteiger partial charge in [0.2, 0.25) is 0 Å². The van der Waals surface area contributed by atoms with Gasteiger partial charge in [0.15, 0.2) is 36.4 Å². The Labute approximate surface area is 481 Å². The number of rotatable bonds is 24. The number of nitrogens with one attached hydrogen (secondary N) is 2. The molecule has 2 fully saturated rings. The molecule has 2 aliphatic heterocycles. The lowest BCUT2D eigenvalue weighted by molar-refractivity contribution is -0.174. The SMILES string of the molecule is COc1ccc(C(OC[C@H]2O[C@@H](n3cnc4c(NC(=O)c5ccccc5)ncnc43)C[C@H]2OP(=O)(OC)C(C)O[C@H]2O[C@@H](n3cc(C)c(=O)[nH]c3=O)C[C@H]2N(CCC#N)P(=O)(C(C)C)C(C)C)(c2ccccc2)c2ccc(OC)cc2)cc1. The van der Waals surface area contributed by atoms with Gasteiger partial charge in [0.25, 0.3) is 11.5 Å². The van der Waals surface area contributed by atoms with Gasteiger partial charge in [-0.15, -0.1) is 0 Å². The van der Waals surface area contributed by atoms with E-state index in [1.54, 1.807) is 54.6 Å². The molecule has 0 bridgehead atoms. The Morgan fingerprint density at radius 2 is 1.42 bits per heavy atom. The van der Waals surface area contributed by atoms with Crippen LogP contribution in [0.4, 0.5) is 5.82 Å². The molecular weight excluding hydrogens is 1100 g/mol. The van der Waals surface area contributed by atoms with Crippen molar-refractivity contribution in [3.05, 3.63) is 177 Å². The second-order valence-corrected chi connectivity index (χ2v) is 27.1. The summed E-state index contributed by atoms with van der Waals surface area (Å²) < 4.78 is 87.3. The van der Waals surface area contributed by atoms with Crippen LogP contribution in [0.25, 0.3) is 11.2 Å². The predicted molar refractivity (Wildman–Crippen MR) is 310 cm³/mol.